The quantitative estimate of drug-likeness (QED) is 0.163. The molecule has 1 aromatic heterocycles. The third-order valence-corrected chi connectivity index (χ3v) is 12.8. The fourth-order valence-electron chi connectivity index (χ4n) is 9.93. The maximum absolute atomic E-state index is 6.69. The maximum atomic E-state index is 6.69. The Morgan fingerprint density at radius 3 is 1.64 bits per heavy atom. The van der Waals surface area contributed by atoms with Gasteiger partial charge >= 0.3 is 0 Å². The van der Waals surface area contributed by atoms with Crippen molar-refractivity contribution in [1.82, 2.24) is 0 Å². The van der Waals surface area contributed by atoms with Crippen LogP contribution in [-0.2, 0) is 5.41 Å². The molecule has 1 aliphatic rings. The van der Waals surface area contributed by atoms with E-state index >= 15 is 0 Å². The van der Waals surface area contributed by atoms with Gasteiger partial charge in [0.1, 0.15) is 5.58 Å². The van der Waals surface area contributed by atoms with Gasteiger partial charge in [-0.1, -0.05) is 172 Å². The first-order chi connectivity index (χ1) is 29.0. The highest BCUT2D eigenvalue weighted by molar-refractivity contribution is 6.25. The molecule has 0 atom stereocenters. The summed E-state index contributed by atoms with van der Waals surface area (Å²) in [4.78, 5) is 2.38. The third-order valence-electron chi connectivity index (χ3n) is 12.8. The molecule has 11 aromatic rings. The molecule has 0 fully saturated rings. The molecule has 2 nitrogen and oxygen atoms in total. The van der Waals surface area contributed by atoms with Crippen molar-refractivity contribution in [2.45, 2.75) is 19.3 Å². The zero-order chi connectivity index (χ0) is 39.2. The largest absolute Gasteiger partial charge is 0.454 e. The number of hydrogen-bond acceptors (Lipinski definition) is 2. The van der Waals surface area contributed by atoms with Gasteiger partial charge < -0.3 is 9.32 Å². The predicted molar refractivity (Wildman–Crippen MR) is 249 cm³/mol. The van der Waals surface area contributed by atoms with Gasteiger partial charge in [-0.2, -0.15) is 0 Å². The molecule has 0 aliphatic heterocycles. The summed E-state index contributed by atoms with van der Waals surface area (Å²) in [6, 6.07) is 73.1. The second-order valence-electron chi connectivity index (χ2n) is 16.5. The van der Waals surface area contributed by atoms with Crippen LogP contribution in [-0.4, -0.2) is 0 Å². The van der Waals surface area contributed by atoms with Crippen LogP contribution in [0.1, 0.15) is 25.0 Å². The van der Waals surface area contributed by atoms with E-state index in [0.717, 1.165) is 44.6 Å². The predicted octanol–water partition coefficient (Wildman–Crippen LogP) is 16.2. The zero-order valence-electron chi connectivity index (χ0n) is 32.9. The Morgan fingerprint density at radius 2 is 0.898 bits per heavy atom. The van der Waals surface area contributed by atoms with Gasteiger partial charge in [-0.25, -0.2) is 0 Å². The highest BCUT2D eigenvalue weighted by atomic mass is 16.3. The molecule has 0 saturated heterocycles. The Bertz CT molecular complexity index is 3440. The monoisotopic (exact) mass is 753 g/mol. The smallest absolute Gasteiger partial charge is 0.159 e. The van der Waals surface area contributed by atoms with E-state index in [1.807, 2.05) is 6.07 Å². The van der Waals surface area contributed by atoms with E-state index in [2.05, 4.69) is 213 Å². The lowest BCUT2D eigenvalue weighted by molar-refractivity contribution is 0.660. The Morgan fingerprint density at radius 1 is 0.356 bits per heavy atom. The molecular weight excluding hydrogens is 715 g/mol. The number of hydrogen-bond donors (Lipinski definition) is 0. The number of furan rings is 1. The first kappa shape index (κ1) is 33.7. The van der Waals surface area contributed by atoms with Crippen molar-refractivity contribution in [3.63, 3.8) is 0 Å². The number of fused-ring (bicyclic) bond motifs is 12. The van der Waals surface area contributed by atoms with E-state index < -0.39 is 0 Å². The van der Waals surface area contributed by atoms with Crippen LogP contribution in [0.5, 0.6) is 0 Å². The molecule has 0 N–H and O–H groups in total. The standard InChI is InChI=1S/C57H39NO/c1-57(2)52-22-9-7-19-47(52)48-32-30-41(35-53(48)57)58(54-23-12-21-50-49-20-8-10-24-55(49)59-56(50)54)40-14-11-13-38(33-40)36-25-27-37(28-26-36)39-29-31-46-44-17-4-3-15-42(44)43-16-5-6-18-45(43)51(46)34-39/h3-35H,1-2H3. The van der Waals surface area contributed by atoms with Crippen molar-refractivity contribution in [2.75, 3.05) is 4.90 Å². The van der Waals surface area contributed by atoms with Crippen molar-refractivity contribution in [3.05, 3.63) is 211 Å². The molecule has 0 saturated carbocycles. The summed E-state index contributed by atoms with van der Waals surface area (Å²) in [5.74, 6) is 0. The summed E-state index contributed by atoms with van der Waals surface area (Å²) >= 11 is 0. The molecule has 0 unspecified atom stereocenters. The van der Waals surface area contributed by atoms with E-state index in [1.165, 1.54) is 71.3 Å². The second-order valence-corrected chi connectivity index (χ2v) is 16.5. The van der Waals surface area contributed by atoms with Crippen molar-refractivity contribution in [2.24, 2.45) is 0 Å². The van der Waals surface area contributed by atoms with Crippen LogP contribution in [0.4, 0.5) is 17.1 Å². The fraction of sp³-hybridized carbons (Fsp3) is 0.0526. The number of rotatable bonds is 5. The van der Waals surface area contributed by atoms with Crippen LogP contribution in [0.2, 0.25) is 0 Å². The molecule has 59 heavy (non-hydrogen) atoms. The molecule has 278 valence electrons. The SMILES string of the molecule is CC1(C)c2ccccc2-c2ccc(N(c3cccc(-c4ccc(-c5ccc6c7ccccc7c7ccccc7c6c5)cc4)c3)c3cccc4c3oc3ccccc34)cc21. The second kappa shape index (κ2) is 12.8. The van der Waals surface area contributed by atoms with E-state index in [0.29, 0.717) is 0 Å². The lowest BCUT2D eigenvalue weighted by Gasteiger charge is -2.28. The highest BCUT2D eigenvalue weighted by Gasteiger charge is 2.36. The molecule has 0 spiro atoms. The van der Waals surface area contributed by atoms with Gasteiger partial charge in [-0.05, 0) is 119 Å². The molecule has 0 bridgehead atoms. The van der Waals surface area contributed by atoms with Gasteiger partial charge in [0.05, 0.1) is 5.69 Å². The lowest BCUT2D eigenvalue weighted by atomic mass is 9.82. The first-order valence-corrected chi connectivity index (χ1v) is 20.5. The number of nitrogens with zero attached hydrogens (tertiary/aromatic N) is 1. The minimum absolute atomic E-state index is 0.130. The molecule has 0 radical (unpaired) electrons. The Kier molecular flexibility index (Phi) is 7.31. The van der Waals surface area contributed by atoms with Crippen molar-refractivity contribution in [1.29, 1.82) is 0 Å². The molecule has 12 rings (SSSR count). The van der Waals surface area contributed by atoms with Crippen LogP contribution < -0.4 is 4.90 Å². The number of para-hydroxylation sites is 2. The van der Waals surface area contributed by atoms with E-state index in [4.69, 9.17) is 4.42 Å². The normalized spacial score (nSPS) is 13.1. The Labute approximate surface area is 343 Å². The van der Waals surface area contributed by atoms with E-state index in [9.17, 15) is 0 Å². The maximum Gasteiger partial charge on any atom is 0.159 e. The van der Waals surface area contributed by atoms with Crippen LogP contribution in [0, 0.1) is 0 Å². The minimum atomic E-state index is -0.130. The van der Waals surface area contributed by atoms with Crippen molar-refractivity contribution in [3.8, 4) is 33.4 Å². The van der Waals surface area contributed by atoms with Gasteiger partial charge in [-0.3, -0.25) is 0 Å². The minimum Gasteiger partial charge on any atom is -0.454 e. The van der Waals surface area contributed by atoms with Crippen LogP contribution in [0.25, 0.3) is 87.6 Å². The summed E-state index contributed by atoms with van der Waals surface area (Å²) in [6.45, 7) is 4.69. The summed E-state index contributed by atoms with van der Waals surface area (Å²) in [5.41, 5.74) is 14.9. The molecule has 0 amide bonds. The molecule has 10 aromatic carbocycles. The number of anilines is 3. The summed E-state index contributed by atoms with van der Waals surface area (Å²) in [7, 11) is 0. The summed E-state index contributed by atoms with van der Waals surface area (Å²) < 4.78 is 6.69. The number of benzene rings is 10. The lowest BCUT2D eigenvalue weighted by Crippen LogP contribution is -2.16. The Hall–Kier alpha value is -7.42. The highest BCUT2D eigenvalue weighted by Crippen LogP contribution is 2.51. The molecular formula is C57H39NO. The van der Waals surface area contributed by atoms with Gasteiger partial charge in [-0.15, -0.1) is 0 Å². The van der Waals surface area contributed by atoms with Crippen molar-refractivity contribution < 1.29 is 4.42 Å². The fourth-order valence-corrected chi connectivity index (χ4v) is 9.93. The topological polar surface area (TPSA) is 16.4 Å². The first-order valence-electron chi connectivity index (χ1n) is 20.5. The van der Waals surface area contributed by atoms with Gasteiger partial charge in [0.25, 0.3) is 0 Å². The molecule has 1 heterocycles. The van der Waals surface area contributed by atoms with Gasteiger partial charge in [0.15, 0.2) is 5.58 Å². The summed E-state index contributed by atoms with van der Waals surface area (Å²) in [6.07, 6.45) is 0. The Balaban J connectivity index is 0.974. The van der Waals surface area contributed by atoms with Crippen LogP contribution >= 0.6 is 0 Å². The van der Waals surface area contributed by atoms with Crippen molar-refractivity contribution >= 4 is 71.3 Å². The summed E-state index contributed by atoms with van der Waals surface area (Å²) in [5, 5.41) is 9.98. The zero-order valence-corrected chi connectivity index (χ0v) is 32.9. The van der Waals surface area contributed by atoms with Gasteiger partial charge in [0, 0.05) is 27.6 Å². The average molecular weight is 754 g/mol. The molecule has 2 heteroatoms. The van der Waals surface area contributed by atoms with Crippen LogP contribution in [0.15, 0.2) is 205 Å². The average Bonchev–Trinajstić information content (AvgIpc) is 3.79. The van der Waals surface area contributed by atoms with E-state index in [-0.39, 0.29) is 5.41 Å². The van der Waals surface area contributed by atoms with Crippen LogP contribution in [0.3, 0.4) is 0 Å². The third kappa shape index (κ3) is 5.13. The van der Waals surface area contributed by atoms with E-state index in [1.54, 1.807) is 0 Å². The molecule has 1 aliphatic carbocycles. The van der Waals surface area contributed by atoms with Gasteiger partial charge in [0.2, 0.25) is 0 Å².